The van der Waals surface area contributed by atoms with Crippen LogP contribution in [0, 0.1) is 0 Å². The Morgan fingerprint density at radius 1 is 1.04 bits per heavy atom. The monoisotopic (exact) mass is 389 g/mol. The second-order valence-corrected chi connectivity index (χ2v) is 7.96. The first kappa shape index (κ1) is 24.5. The van der Waals surface area contributed by atoms with Gasteiger partial charge in [0.15, 0.2) is 0 Å². The van der Waals surface area contributed by atoms with Crippen LogP contribution >= 0.6 is 0 Å². The van der Waals surface area contributed by atoms with Gasteiger partial charge in [-0.25, -0.2) is 14.4 Å². The van der Waals surface area contributed by atoms with Crippen LogP contribution in [-0.2, 0) is 19.1 Å². The minimum atomic E-state index is -1.33. The predicted molar refractivity (Wildman–Crippen MR) is 97.0 cm³/mol. The lowest BCUT2D eigenvalue weighted by molar-refractivity contribution is -0.143. The number of nitrogens with two attached hydrogens (primary N) is 1. The van der Waals surface area contributed by atoms with Crippen LogP contribution in [-0.4, -0.2) is 64.4 Å². The molecule has 0 saturated carbocycles. The van der Waals surface area contributed by atoms with Gasteiger partial charge in [-0.15, -0.1) is 0 Å². The van der Waals surface area contributed by atoms with Crippen molar-refractivity contribution in [1.29, 1.82) is 0 Å². The first-order chi connectivity index (χ1) is 12.1. The SMILES string of the molecule is CC(C)(C)OC(=O)NCCN(C(=O)OC(C)(C)C)[C@@H](CCC(N)=O)C(=O)O. The molecule has 3 amide bonds. The fraction of sp³-hybridized carbons (Fsp3) is 0.765. The Labute approximate surface area is 159 Å². The third-order valence-electron chi connectivity index (χ3n) is 2.97. The predicted octanol–water partition coefficient (Wildman–Crippen LogP) is 1.47. The van der Waals surface area contributed by atoms with Crippen molar-refractivity contribution in [1.82, 2.24) is 10.2 Å². The minimum absolute atomic E-state index is 0.0610. The Morgan fingerprint density at radius 2 is 1.56 bits per heavy atom. The quantitative estimate of drug-likeness (QED) is 0.569. The smallest absolute Gasteiger partial charge is 0.411 e. The zero-order valence-electron chi connectivity index (χ0n) is 16.8. The van der Waals surface area contributed by atoms with E-state index >= 15 is 0 Å². The molecule has 10 nitrogen and oxygen atoms in total. The molecule has 0 rings (SSSR count). The number of alkyl carbamates (subject to hydrolysis) is 1. The van der Waals surface area contributed by atoms with Gasteiger partial charge in [0.2, 0.25) is 5.91 Å². The van der Waals surface area contributed by atoms with Gasteiger partial charge in [-0.1, -0.05) is 0 Å². The Morgan fingerprint density at radius 3 is 1.96 bits per heavy atom. The Balaban J connectivity index is 5.16. The van der Waals surface area contributed by atoms with E-state index in [0.717, 1.165) is 4.90 Å². The van der Waals surface area contributed by atoms with E-state index in [2.05, 4.69) is 5.32 Å². The van der Waals surface area contributed by atoms with E-state index in [0.29, 0.717) is 0 Å². The second-order valence-electron chi connectivity index (χ2n) is 7.96. The molecule has 0 bridgehead atoms. The maximum absolute atomic E-state index is 12.4. The molecular weight excluding hydrogens is 358 g/mol. The van der Waals surface area contributed by atoms with Crippen molar-refractivity contribution >= 4 is 24.1 Å². The van der Waals surface area contributed by atoms with Crippen molar-refractivity contribution in [3.8, 4) is 0 Å². The lowest BCUT2D eigenvalue weighted by Crippen LogP contribution is -2.50. The Bertz CT molecular complexity index is 550. The van der Waals surface area contributed by atoms with Gasteiger partial charge in [-0.05, 0) is 48.0 Å². The summed E-state index contributed by atoms with van der Waals surface area (Å²) < 4.78 is 10.3. The molecule has 27 heavy (non-hydrogen) atoms. The first-order valence-corrected chi connectivity index (χ1v) is 8.60. The highest BCUT2D eigenvalue weighted by molar-refractivity contribution is 5.81. The van der Waals surface area contributed by atoms with Crippen LogP contribution in [0.2, 0.25) is 0 Å². The van der Waals surface area contributed by atoms with Crippen LogP contribution in [0.1, 0.15) is 54.4 Å². The molecule has 0 saturated heterocycles. The molecule has 0 aliphatic rings. The number of hydrogen-bond acceptors (Lipinski definition) is 6. The molecule has 0 fully saturated rings. The summed E-state index contributed by atoms with van der Waals surface area (Å²) in [5.74, 6) is -1.99. The van der Waals surface area contributed by atoms with Gasteiger partial charge < -0.3 is 25.6 Å². The molecule has 0 aromatic rings. The van der Waals surface area contributed by atoms with Crippen LogP contribution in [0.4, 0.5) is 9.59 Å². The van der Waals surface area contributed by atoms with E-state index in [9.17, 15) is 24.3 Å². The van der Waals surface area contributed by atoms with Gasteiger partial charge in [0.05, 0.1) is 0 Å². The van der Waals surface area contributed by atoms with Crippen LogP contribution in [0.3, 0.4) is 0 Å². The number of nitrogens with zero attached hydrogens (tertiary/aromatic N) is 1. The summed E-state index contributed by atoms with van der Waals surface area (Å²) >= 11 is 0. The average Bonchev–Trinajstić information content (AvgIpc) is 2.40. The van der Waals surface area contributed by atoms with Gasteiger partial charge in [-0.3, -0.25) is 9.69 Å². The number of hydrogen-bond donors (Lipinski definition) is 3. The Hall–Kier alpha value is -2.52. The van der Waals surface area contributed by atoms with Crippen molar-refractivity contribution in [2.45, 2.75) is 71.6 Å². The number of carboxylic acids is 1. The molecule has 0 radical (unpaired) electrons. The third kappa shape index (κ3) is 11.7. The highest BCUT2D eigenvalue weighted by atomic mass is 16.6. The van der Waals surface area contributed by atoms with E-state index in [1.165, 1.54) is 0 Å². The molecule has 0 aromatic carbocycles. The van der Waals surface area contributed by atoms with Crippen LogP contribution in [0.25, 0.3) is 0 Å². The topological polar surface area (TPSA) is 148 Å². The molecule has 0 aliphatic carbocycles. The summed E-state index contributed by atoms with van der Waals surface area (Å²) in [6.45, 7) is 9.81. The van der Waals surface area contributed by atoms with E-state index in [-0.39, 0.29) is 25.9 Å². The minimum Gasteiger partial charge on any atom is -0.480 e. The fourth-order valence-electron chi connectivity index (χ4n) is 1.98. The molecule has 4 N–H and O–H groups in total. The molecule has 0 aliphatic heterocycles. The lowest BCUT2D eigenvalue weighted by Gasteiger charge is -2.31. The summed E-state index contributed by atoms with van der Waals surface area (Å²) in [5, 5.41) is 11.9. The van der Waals surface area contributed by atoms with Crippen molar-refractivity contribution in [3.63, 3.8) is 0 Å². The van der Waals surface area contributed by atoms with Gasteiger partial charge in [0, 0.05) is 19.5 Å². The summed E-state index contributed by atoms with van der Waals surface area (Å²) in [6, 6.07) is -1.33. The summed E-state index contributed by atoms with van der Waals surface area (Å²) in [5.41, 5.74) is 3.54. The maximum atomic E-state index is 12.4. The third-order valence-corrected chi connectivity index (χ3v) is 2.97. The van der Waals surface area contributed by atoms with Crippen molar-refractivity contribution in [2.24, 2.45) is 5.73 Å². The molecule has 1 atom stereocenters. The molecule has 0 unspecified atom stereocenters. The van der Waals surface area contributed by atoms with Crippen molar-refractivity contribution in [2.75, 3.05) is 13.1 Å². The normalized spacial score (nSPS) is 12.7. The number of carbonyl (C=O) groups is 4. The largest absolute Gasteiger partial charge is 0.480 e. The van der Waals surface area contributed by atoms with E-state index in [1.807, 2.05) is 0 Å². The number of carboxylic acid groups (broad SMARTS) is 1. The number of aliphatic carboxylic acids is 1. The van der Waals surface area contributed by atoms with Gasteiger partial charge in [0.25, 0.3) is 0 Å². The fourth-order valence-corrected chi connectivity index (χ4v) is 1.98. The van der Waals surface area contributed by atoms with Crippen LogP contribution < -0.4 is 11.1 Å². The lowest BCUT2D eigenvalue weighted by atomic mass is 10.1. The van der Waals surface area contributed by atoms with Crippen LogP contribution in [0.15, 0.2) is 0 Å². The molecule has 0 spiro atoms. The first-order valence-electron chi connectivity index (χ1n) is 8.60. The number of primary amides is 1. The zero-order chi connectivity index (χ0) is 21.4. The van der Waals surface area contributed by atoms with E-state index < -0.39 is 41.3 Å². The molecule has 0 aromatic heterocycles. The molecular formula is C17H31N3O7. The van der Waals surface area contributed by atoms with Gasteiger partial charge >= 0.3 is 18.2 Å². The van der Waals surface area contributed by atoms with E-state index in [4.69, 9.17) is 15.2 Å². The van der Waals surface area contributed by atoms with Crippen LogP contribution in [0.5, 0.6) is 0 Å². The molecule has 10 heteroatoms. The number of amides is 3. The van der Waals surface area contributed by atoms with E-state index in [1.54, 1.807) is 41.5 Å². The van der Waals surface area contributed by atoms with Crippen molar-refractivity contribution < 1.29 is 33.8 Å². The maximum Gasteiger partial charge on any atom is 0.411 e. The van der Waals surface area contributed by atoms with Gasteiger partial charge in [0.1, 0.15) is 17.2 Å². The number of nitrogens with one attached hydrogen (secondary N) is 1. The standard InChI is InChI=1S/C17H31N3O7/c1-16(2,3)26-14(24)19-9-10-20(15(25)27-17(4,5)6)11(13(22)23)7-8-12(18)21/h11H,7-10H2,1-6H3,(H2,18,21)(H,19,24)(H,22,23)/t11-/m0/s1. The summed E-state index contributed by atoms with van der Waals surface area (Å²) in [7, 11) is 0. The number of carbonyl (C=O) groups excluding carboxylic acids is 3. The summed E-state index contributed by atoms with van der Waals surface area (Å²) in [6.07, 6.45) is -1.95. The second kappa shape index (κ2) is 9.98. The molecule has 0 heterocycles. The average molecular weight is 389 g/mol. The highest BCUT2D eigenvalue weighted by Crippen LogP contribution is 2.15. The van der Waals surface area contributed by atoms with Gasteiger partial charge in [-0.2, -0.15) is 0 Å². The highest BCUT2D eigenvalue weighted by Gasteiger charge is 2.33. The zero-order valence-corrected chi connectivity index (χ0v) is 16.8. The Kier molecular flexibility index (Phi) is 9.05. The molecule has 156 valence electrons. The summed E-state index contributed by atoms with van der Waals surface area (Å²) in [4.78, 5) is 47.7. The number of ether oxygens (including phenoxy) is 2. The van der Waals surface area contributed by atoms with Crippen molar-refractivity contribution in [3.05, 3.63) is 0 Å². The number of rotatable bonds is 8.